The molecule has 0 bridgehead atoms. The van der Waals surface area contributed by atoms with Crippen LogP contribution in [0.1, 0.15) is 18.4 Å². The maximum atomic E-state index is 6.24. The highest BCUT2D eigenvalue weighted by Gasteiger charge is 2.18. The number of rotatable bonds is 2. The SMILES string of the molecule is Cc1c2ccccc2nc2nc(NC3CCN(C)CC3)nc(N)c12. The van der Waals surface area contributed by atoms with Crippen LogP contribution in [0, 0.1) is 6.92 Å². The Morgan fingerprint density at radius 2 is 1.88 bits per heavy atom. The van der Waals surface area contributed by atoms with Crippen LogP contribution in [-0.2, 0) is 0 Å². The second-order valence-electron chi connectivity index (χ2n) is 6.61. The van der Waals surface area contributed by atoms with E-state index in [2.05, 4.69) is 45.2 Å². The van der Waals surface area contributed by atoms with E-state index in [1.54, 1.807) is 0 Å². The Labute approximate surface area is 141 Å². The number of anilines is 2. The number of hydrogen-bond donors (Lipinski definition) is 2. The first-order valence-corrected chi connectivity index (χ1v) is 8.39. The lowest BCUT2D eigenvalue weighted by molar-refractivity contribution is 0.263. The zero-order valence-electron chi connectivity index (χ0n) is 14.1. The minimum atomic E-state index is 0.389. The van der Waals surface area contributed by atoms with Gasteiger partial charge < -0.3 is 16.0 Å². The van der Waals surface area contributed by atoms with Gasteiger partial charge in [0, 0.05) is 11.4 Å². The summed E-state index contributed by atoms with van der Waals surface area (Å²) in [6.45, 7) is 4.22. The van der Waals surface area contributed by atoms with E-state index in [9.17, 15) is 0 Å². The fraction of sp³-hybridized carbons (Fsp3) is 0.389. The number of aromatic nitrogens is 3. The van der Waals surface area contributed by atoms with Gasteiger partial charge in [0.15, 0.2) is 5.65 Å². The highest BCUT2D eigenvalue weighted by Crippen LogP contribution is 2.28. The molecule has 6 nitrogen and oxygen atoms in total. The van der Waals surface area contributed by atoms with Crippen LogP contribution < -0.4 is 11.1 Å². The van der Waals surface area contributed by atoms with E-state index < -0.39 is 0 Å². The number of fused-ring (bicyclic) bond motifs is 2. The topological polar surface area (TPSA) is 80.0 Å². The summed E-state index contributed by atoms with van der Waals surface area (Å²) < 4.78 is 0. The van der Waals surface area contributed by atoms with Crippen molar-refractivity contribution in [2.45, 2.75) is 25.8 Å². The lowest BCUT2D eigenvalue weighted by Crippen LogP contribution is -2.37. The fourth-order valence-electron chi connectivity index (χ4n) is 3.44. The molecule has 1 saturated heterocycles. The Balaban J connectivity index is 1.75. The first kappa shape index (κ1) is 15.1. The summed E-state index contributed by atoms with van der Waals surface area (Å²) in [5.74, 6) is 1.07. The predicted octanol–water partition coefficient (Wildman–Crippen LogP) is 2.57. The quantitative estimate of drug-likeness (QED) is 0.706. The molecule has 3 aromatic rings. The minimum absolute atomic E-state index is 0.389. The van der Waals surface area contributed by atoms with Crippen LogP contribution in [-0.4, -0.2) is 46.0 Å². The number of benzene rings is 1. The van der Waals surface area contributed by atoms with Crippen molar-refractivity contribution in [3.8, 4) is 0 Å². The van der Waals surface area contributed by atoms with Crippen molar-refractivity contribution in [3.63, 3.8) is 0 Å². The summed E-state index contributed by atoms with van der Waals surface area (Å²) in [7, 11) is 2.15. The molecule has 6 heteroatoms. The summed E-state index contributed by atoms with van der Waals surface area (Å²) in [4.78, 5) is 16.1. The molecule has 0 atom stereocenters. The Morgan fingerprint density at radius 3 is 2.67 bits per heavy atom. The third-order valence-corrected chi connectivity index (χ3v) is 4.88. The monoisotopic (exact) mass is 322 g/mol. The van der Waals surface area contributed by atoms with Gasteiger partial charge in [0.2, 0.25) is 5.95 Å². The van der Waals surface area contributed by atoms with E-state index >= 15 is 0 Å². The number of nitrogens with one attached hydrogen (secondary N) is 1. The van der Waals surface area contributed by atoms with Crippen molar-refractivity contribution < 1.29 is 0 Å². The van der Waals surface area contributed by atoms with Gasteiger partial charge in [-0.15, -0.1) is 0 Å². The Kier molecular flexibility index (Phi) is 3.69. The van der Waals surface area contributed by atoms with Crippen LogP contribution in [0.2, 0.25) is 0 Å². The molecule has 4 rings (SSSR count). The molecule has 1 fully saturated rings. The van der Waals surface area contributed by atoms with Crippen LogP contribution in [0.25, 0.3) is 21.9 Å². The van der Waals surface area contributed by atoms with E-state index in [1.807, 2.05) is 18.2 Å². The van der Waals surface area contributed by atoms with Gasteiger partial charge >= 0.3 is 0 Å². The average molecular weight is 322 g/mol. The molecule has 124 valence electrons. The molecule has 0 aliphatic carbocycles. The molecule has 2 aromatic heterocycles. The smallest absolute Gasteiger partial charge is 0.226 e. The number of nitrogens with two attached hydrogens (primary N) is 1. The summed E-state index contributed by atoms with van der Waals surface area (Å²) in [6, 6.07) is 8.45. The lowest BCUT2D eigenvalue weighted by Gasteiger charge is -2.29. The highest BCUT2D eigenvalue weighted by atomic mass is 15.2. The maximum Gasteiger partial charge on any atom is 0.226 e. The van der Waals surface area contributed by atoms with Crippen molar-refractivity contribution in [2.24, 2.45) is 0 Å². The normalized spacial score (nSPS) is 16.8. The summed E-state index contributed by atoms with van der Waals surface area (Å²) in [6.07, 6.45) is 2.17. The van der Waals surface area contributed by atoms with Crippen LogP contribution in [0.3, 0.4) is 0 Å². The zero-order chi connectivity index (χ0) is 16.7. The number of para-hydroxylation sites is 1. The van der Waals surface area contributed by atoms with Gasteiger partial charge in [-0.25, -0.2) is 4.98 Å². The number of nitrogens with zero attached hydrogens (tertiary/aromatic N) is 4. The number of hydrogen-bond acceptors (Lipinski definition) is 6. The van der Waals surface area contributed by atoms with Crippen molar-refractivity contribution >= 4 is 33.7 Å². The number of nitrogen functional groups attached to an aromatic ring is 1. The molecule has 0 radical (unpaired) electrons. The van der Waals surface area contributed by atoms with E-state index in [4.69, 9.17) is 5.73 Å². The molecule has 3 N–H and O–H groups in total. The molecule has 3 heterocycles. The number of piperidine rings is 1. The molecule has 1 aliphatic rings. The van der Waals surface area contributed by atoms with Gasteiger partial charge in [-0.1, -0.05) is 18.2 Å². The molecule has 0 saturated carbocycles. The minimum Gasteiger partial charge on any atom is -0.383 e. The van der Waals surface area contributed by atoms with Crippen LogP contribution in [0.15, 0.2) is 24.3 Å². The van der Waals surface area contributed by atoms with Gasteiger partial charge in [-0.3, -0.25) is 0 Å². The first-order chi connectivity index (χ1) is 11.6. The molecule has 0 amide bonds. The number of aryl methyl sites for hydroxylation is 1. The van der Waals surface area contributed by atoms with Crippen LogP contribution in [0.5, 0.6) is 0 Å². The lowest BCUT2D eigenvalue weighted by atomic mass is 10.1. The van der Waals surface area contributed by atoms with Crippen molar-refractivity contribution in [2.75, 3.05) is 31.2 Å². The van der Waals surface area contributed by atoms with Gasteiger partial charge in [0.25, 0.3) is 0 Å². The third-order valence-electron chi connectivity index (χ3n) is 4.88. The number of likely N-dealkylation sites (tertiary alicyclic amines) is 1. The Bertz CT molecular complexity index is 899. The summed E-state index contributed by atoms with van der Waals surface area (Å²) in [5, 5.41) is 5.38. The molecule has 0 spiro atoms. The standard InChI is InChI=1S/C18H22N6/c1-11-13-5-3-4-6-14(13)21-17-15(11)16(19)22-18(23-17)20-12-7-9-24(2)10-8-12/h3-6,12H,7-10H2,1-2H3,(H3,19,20,21,22,23). The fourth-order valence-corrected chi connectivity index (χ4v) is 3.44. The van der Waals surface area contributed by atoms with E-state index in [0.717, 1.165) is 47.8 Å². The maximum absolute atomic E-state index is 6.24. The first-order valence-electron chi connectivity index (χ1n) is 8.39. The molecular weight excluding hydrogens is 300 g/mol. The Morgan fingerprint density at radius 1 is 1.12 bits per heavy atom. The van der Waals surface area contributed by atoms with Crippen LogP contribution >= 0.6 is 0 Å². The number of pyridine rings is 1. The molecule has 1 aliphatic heterocycles. The van der Waals surface area contributed by atoms with Crippen molar-refractivity contribution in [3.05, 3.63) is 29.8 Å². The van der Waals surface area contributed by atoms with Gasteiger partial charge in [-0.05, 0) is 51.5 Å². The molecule has 1 aromatic carbocycles. The zero-order valence-corrected chi connectivity index (χ0v) is 14.1. The largest absolute Gasteiger partial charge is 0.383 e. The Hall–Kier alpha value is -2.47. The van der Waals surface area contributed by atoms with Gasteiger partial charge in [0.1, 0.15) is 5.82 Å². The van der Waals surface area contributed by atoms with Gasteiger partial charge in [-0.2, -0.15) is 9.97 Å². The van der Waals surface area contributed by atoms with E-state index in [0.29, 0.717) is 23.5 Å². The van der Waals surface area contributed by atoms with Crippen LogP contribution in [0.4, 0.5) is 11.8 Å². The molecule has 0 unspecified atom stereocenters. The summed E-state index contributed by atoms with van der Waals surface area (Å²) >= 11 is 0. The second-order valence-corrected chi connectivity index (χ2v) is 6.61. The van der Waals surface area contributed by atoms with E-state index in [1.165, 1.54) is 0 Å². The molecule has 24 heavy (non-hydrogen) atoms. The average Bonchev–Trinajstić information content (AvgIpc) is 2.57. The highest BCUT2D eigenvalue weighted by molar-refractivity contribution is 6.00. The third kappa shape index (κ3) is 2.63. The second kappa shape index (κ2) is 5.87. The van der Waals surface area contributed by atoms with E-state index in [-0.39, 0.29) is 0 Å². The predicted molar refractivity (Wildman–Crippen MR) is 98.1 cm³/mol. The van der Waals surface area contributed by atoms with Crippen molar-refractivity contribution in [1.82, 2.24) is 19.9 Å². The summed E-state index contributed by atoms with van der Waals surface area (Å²) in [5.41, 5.74) is 8.92. The molecular formula is C18H22N6. The van der Waals surface area contributed by atoms with Crippen molar-refractivity contribution in [1.29, 1.82) is 0 Å². The van der Waals surface area contributed by atoms with Gasteiger partial charge in [0.05, 0.1) is 10.9 Å².